The van der Waals surface area contributed by atoms with Gasteiger partial charge < -0.3 is 10.7 Å². The van der Waals surface area contributed by atoms with E-state index in [4.69, 9.17) is 10.7 Å². The number of H-pyrrole nitrogens is 1. The van der Waals surface area contributed by atoms with Crippen molar-refractivity contribution in [3.05, 3.63) is 90.6 Å². The first-order valence-electron chi connectivity index (χ1n) is 11.1. The Hall–Kier alpha value is -3.43. The second-order valence-corrected chi connectivity index (χ2v) is 8.21. The summed E-state index contributed by atoms with van der Waals surface area (Å²) < 4.78 is 0. The Morgan fingerprint density at radius 1 is 0.774 bits per heavy atom. The molecule has 0 aliphatic heterocycles. The molecule has 0 saturated heterocycles. The normalized spacial score (nSPS) is 12.5. The number of rotatable bonds is 6. The van der Waals surface area contributed by atoms with Gasteiger partial charge in [-0.15, -0.1) is 0 Å². The van der Waals surface area contributed by atoms with Crippen LogP contribution in [0.15, 0.2) is 84.9 Å². The molecule has 3 nitrogen and oxygen atoms in total. The first-order valence-corrected chi connectivity index (χ1v) is 11.1. The van der Waals surface area contributed by atoms with Crippen molar-refractivity contribution in [2.75, 3.05) is 0 Å². The molecule has 0 radical (unpaired) electrons. The van der Waals surface area contributed by atoms with Crippen LogP contribution in [0.2, 0.25) is 0 Å². The largest absolute Gasteiger partial charge is 0.339 e. The number of benzene rings is 3. The van der Waals surface area contributed by atoms with Crippen LogP contribution in [0, 0.1) is 0 Å². The lowest BCUT2D eigenvalue weighted by Gasteiger charge is -2.10. The van der Waals surface area contributed by atoms with Crippen molar-refractivity contribution in [1.82, 2.24) is 9.97 Å². The summed E-state index contributed by atoms with van der Waals surface area (Å²) in [5.41, 5.74) is 14.2. The average molecular weight is 406 g/mol. The number of unbranched alkanes of at least 4 members (excludes halogenated alkanes) is 1. The Morgan fingerprint density at radius 3 is 2.19 bits per heavy atom. The van der Waals surface area contributed by atoms with E-state index < -0.39 is 0 Å². The van der Waals surface area contributed by atoms with Gasteiger partial charge in [-0.25, -0.2) is 4.98 Å². The number of hydrogen-bond donors (Lipinski definition) is 2. The Bertz CT molecular complexity index is 1320. The van der Waals surface area contributed by atoms with E-state index >= 15 is 0 Å². The molecule has 0 bridgehead atoms. The lowest BCUT2D eigenvalue weighted by molar-refractivity contribution is 0.592. The molecule has 5 aromatic rings. The number of aromatic nitrogens is 2. The van der Waals surface area contributed by atoms with Crippen LogP contribution >= 0.6 is 0 Å². The highest BCUT2D eigenvalue weighted by Gasteiger charge is 2.12. The molecule has 0 fully saturated rings. The third kappa shape index (κ3) is 3.85. The molecule has 2 heterocycles. The minimum Gasteiger partial charge on any atom is -0.339 e. The van der Waals surface area contributed by atoms with Crippen molar-refractivity contribution < 1.29 is 0 Å². The molecule has 1 unspecified atom stereocenters. The zero-order valence-corrected chi connectivity index (χ0v) is 17.8. The van der Waals surface area contributed by atoms with Crippen LogP contribution in [0.25, 0.3) is 44.2 Å². The smallest absolute Gasteiger partial charge is 0.138 e. The molecule has 154 valence electrons. The fourth-order valence-electron chi connectivity index (χ4n) is 4.23. The molecule has 5 rings (SSSR count). The van der Waals surface area contributed by atoms with E-state index in [1.807, 2.05) is 6.07 Å². The number of nitrogens with one attached hydrogen (secondary N) is 1. The molecule has 31 heavy (non-hydrogen) atoms. The van der Waals surface area contributed by atoms with Gasteiger partial charge in [0.25, 0.3) is 0 Å². The molecule has 1 atom stereocenters. The summed E-state index contributed by atoms with van der Waals surface area (Å²) in [7, 11) is 0. The Morgan fingerprint density at radius 2 is 1.45 bits per heavy atom. The van der Waals surface area contributed by atoms with Crippen molar-refractivity contribution in [2.45, 2.75) is 32.2 Å². The van der Waals surface area contributed by atoms with Crippen LogP contribution in [-0.4, -0.2) is 9.97 Å². The van der Waals surface area contributed by atoms with E-state index in [1.54, 1.807) is 0 Å². The monoisotopic (exact) mass is 405 g/mol. The van der Waals surface area contributed by atoms with E-state index in [0.29, 0.717) is 0 Å². The van der Waals surface area contributed by atoms with Gasteiger partial charge in [-0.05, 0) is 52.9 Å². The zero-order valence-electron chi connectivity index (χ0n) is 17.8. The van der Waals surface area contributed by atoms with E-state index in [2.05, 4.69) is 90.8 Å². The Labute approximate surface area is 183 Å². The van der Waals surface area contributed by atoms with Crippen molar-refractivity contribution in [2.24, 2.45) is 5.73 Å². The van der Waals surface area contributed by atoms with E-state index in [9.17, 15) is 0 Å². The molecule has 0 aliphatic carbocycles. The van der Waals surface area contributed by atoms with Crippen molar-refractivity contribution in [3.8, 4) is 22.3 Å². The van der Waals surface area contributed by atoms with E-state index in [0.717, 1.165) is 41.5 Å². The first-order chi connectivity index (χ1) is 15.2. The number of nitrogens with two attached hydrogens (primary N) is 1. The summed E-state index contributed by atoms with van der Waals surface area (Å²) in [6.45, 7) is 2.19. The third-order valence-corrected chi connectivity index (χ3v) is 6.05. The lowest BCUT2D eigenvalue weighted by atomic mass is 9.99. The predicted octanol–water partition coefficient (Wildman–Crippen LogP) is 7.24. The van der Waals surface area contributed by atoms with Crippen LogP contribution in [-0.2, 0) is 0 Å². The molecule has 3 N–H and O–H groups in total. The van der Waals surface area contributed by atoms with Crippen LogP contribution in [0.5, 0.6) is 0 Å². The summed E-state index contributed by atoms with van der Waals surface area (Å²) in [6.07, 6.45) is 3.25. The maximum Gasteiger partial charge on any atom is 0.138 e. The third-order valence-electron chi connectivity index (χ3n) is 6.05. The van der Waals surface area contributed by atoms with Crippen molar-refractivity contribution in [1.29, 1.82) is 0 Å². The molecule has 0 amide bonds. The fraction of sp³-hybridized carbons (Fsp3) is 0.179. The van der Waals surface area contributed by atoms with E-state index in [-0.39, 0.29) is 6.04 Å². The van der Waals surface area contributed by atoms with E-state index in [1.165, 1.54) is 27.6 Å². The van der Waals surface area contributed by atoms with Gasteiger partial charge in [0.15, 0.2) is 0 Å². The second kappa shape index (κ2) is 8.37. The summed E-state index contributed by atoms with van der Waals surface area (Å²) in [5.74, 6) is 0. The van der Waals surface area contributed by atoms with Gasteiger partial charge in [0, 0.05) is 22.3 Å². The fourth-order valence-corrected chi connectivity index (χ4v) is 4.23. The van der Waals surface area contributed by atoms with Gasteiger partial charge in [-0.3, -0.25) is 0 Å². The maximum absolute atomic E-state index is 6.34. The molecule has 0 spiro atoms. The van der Waals surface area contributed by atoms with Crippen LogP contribution in [0.3, 0.4) is 0 Å². The lowest BCUT2D eigenvalue weighted by Crippen LogP contribution is -2.11. The quantitative estimate of drug-likeness (QED) is 0.313. The van der Waals surface area contributed by atoms with Crippen LogP contribution < -0.4 is 5.73 Å². The minimum atomic E-state index is -0.00514. The number of fused-ring (bicyclic) bond motifs is 3. The summed E-state index contributed by atoms with van der Waals surface area (Å²) in [5, 5.41) is 2.34. The summed E-state index contributed by atoms with van der Waals surface area (Å²) >= 11 is 0. The topological polar surface area (TPSA) is 54.7 Å². The molecular weight excluding hydrogens is 378 g/mol. The molecule has 3 aromatic carbocycles. The average Bonchev–Trinajstić information content (AvgIpc) is 3.20. The predicted molar refractivity (Wildman–Crippen MR) is 131 cm³/mol. The first kappa shape index (κ1) is 19.5. The molecule has 3 heteroatoms. The summed E-state index contributed by atoms with van der Waals surface area (Å²) in [6, 6.07) is 30.1. The Kier molecular flexibility index (Phi) is 5.27. The maximum atomic E-state index is 6.34. The van der Waals surface area contributed by atoms with Gasteiger partial charge in [0.2, 0.25) is 0 Å². The number of hydrogen-bond acceptors (Lipinski definition) is 2. The Balaban J connectivity index is 1.48. The van der Waals surface area contributed by atoms with Gasteiger partial charge in [0.1, 0.15) is 5.65 Å². The zero-order chi connectivity index (χ0) is 21.2. The number of aromatic amines is 1. The number of pyridine rings is 1. The van der Waals surface area contributed by atoms with Gasteiger partial charge in [-0.2, -0.15) is 0 Å². The molecule has 2 aromatic heterocycles. The second-order valence-electron chi connectivity index (χ2n) is 8.21. The molecule has 0 saturated carbocycles. The highest BCUT2D eigenvalue weighted by Crippen LogP contribution is 2.31. The van der Waals surface area contributed by atoms with Crippen LogP contribution in [0.1, 0.15) is 37.9 Å². The minimum absolute atomic E-state index is 0.00514. The SMILES string of the molecule is CCCCC(N)c1ccc2c(n1)[nH]c1ccc(-c3ccc(-c4ccccc4)cc3)cc12. The molecule has 0 aliphatic rings. The van der Waals surface area contributed by atoms with Gasteiger partial charge in [-0.1, -0.05) is 80.4 Å². The van der Waals surface area contributed by atoms with Crippen molar-refractivity contribution >= 4 is 21.9 Å². The van der Waals surface area contributed by atoms with Gasteiger partial charge >= 0.3 is 0 Å². The van der Waals surface area contributed by atoms with Crippen LogP contribution in [0.4, 0.5) is 0 Å². The number of nitrogens with zero attached hydrogens (tertiary/aromatic N) is 1. The summed E-state index contributed by atoms with van der Waals surface area (Å²) in [4.78, 5) is 8.30. The molecular formula is C28H27N3. The van der Waals surface area contributed by atoms with Gasteiger partial charge in [0.05, 0.1) is 5.69 Å². The highest BCUT2D eigenvalue weighted by atomic mass is 14.9. The standard InChI is InChI=1S/C28H27N3/c1-2-3-9-25(29)27-17-15-23-24-18-22(14-16-26(24)30-28(23)31-27)21-12-10-20(11-13-21)19-7-5-4-6-8-19/h4-8,10-18,25H,2-3,9,29H2,1H3,(H,30,31). The highest BCUT2D eigenvalue weighted by molar-refractivity contribution is 6.07. The van der Waals surface area contributed by atoms with Crippen molar-refractivity contribution in [3.63, 3.8) is 0 Å².